The van der Waals surface area contributed by atoms with Gasteiger partial charge in [0.15, 0.2) is 0 Å². The third kappa shape index (κ3) is 8.60. The van der Waals surface area contributed by atoms with Crippen molar-refractivity contribution in [1.29, 1.82) is 0 Å². The Bertz CT molecular complexity index is 1230. The van der Waals surface area contributed by atoms with Crippen LogP contribution in [-0.2, 0) is 30.7 Å². The second-order valence-electron chi connectivity index (χ2n) is 9.12. The molecule has 0 fully saturated rings. The maximum absolute atomic E-state index is 3.30. The zero-order valence-corrected chi connectivity index (χ0v) is 25.8. The molecule has 0 saturated carbocycles. The third-order valence-electron chi connectivity index (χ3n) is 6.73. The molecule has 0 heterocycles. The van der Waals surface area contributed by atoms with Gasteiger partial charge in [-0.2, -0.15) is 35.9 Å². The van der Waals surface area contributed by atoms with Crippen molar-refractivity contribution in [2.45, 2.75) is 38.5 Å². The minimum absolute atomic E-state index is 0. The Hall–Kier alpha value is -2.31. The summed E-state index contributed by atoms with van der Waals surface area (Å²) in [7, 11) is 0. The van der Waals surface area contributed by atoms with Crippen molar-refractivity contribution in [3.63, 3.8) is 0 Å². The smallest absolute Gasteiger partial charge is 0.0253 e. The summed E-state index contributed by atoms with van der Waals surface area (Å²) in [6.07, 6.45) is 11.0. The Kier molecular flexibility index (Phi) is 13.9. The largest absolute Gasteiger partial charge is 1.00 e. The van der Waals surface area contributed by atoms with E-state index in [0.29, 0.717) is 11.8 Å². The van der Waals surface area contributed by atoms with E-state index in [4.69, 9.17) is 0 Å². The van der Waals surface area contributed by atoms with Crippen molar-refractivity contribution in [3.05, 3.63) is 156 Å². The number of fused-ring (bicyclic) bond motifs is 3. The molecule has 0 amide bonds. The molecule has 2 aliphatic rings. The summed E-state index contributed by atoms with van der Waals surface area (Å²) in [5.41, 5.74) is 8.36. The first-order valence-corrected chi connectivity index (χ1v) is 13.9. The number of benzene rings is 4. The van der Waals surface area contributed by atoms with E-state index in [1.54, 1.807) is 27.4 Å². The van der Waals surface area contributed by atoms with E-state index >= 15 is 0 Å². The molecular weight excluding hydrogens is 583 g/mol. The molecular formula is C35H32Cl2Zr-2. The average Bonchev–Trinajstić information content (AvgIpc) is 3.65. The molecule has 0 aliphatic heterocycles. The van der Waals surface area contributed by atoms with Gasteiger partial charge in [-0.05, 0) is 6.42 Å². The first-order valence-electron chi connectivity index (χ1n) is 12.6. The summed E-state index contributed by atoms with van der Waals surface area (Å²) in [5, 5.41) is 0. The summed E-state index contributed by atoms with van der Waals surface area (Å²) >= 11 is 1.54. The van der Waals surface area contributed by atoms with Gasteiger partial charge in [-0.1, -0.05) is 35.4 Å². The van der Waals surface area contributed by atoms with Gasteiger partial charge < -0.3 is 24.8 Å². The van der Waals surface area contributed by atoms with E-state index in [9.17, 15) is 0 Å². The van der Waals surface area contributed by atoms with Gasteiger partial charge in [0.2, 0.25) is 0 Å². The van der Waals surface area contributed by atoms with Gasteiger partial charge in [-0.15, -0.1) is 12.0 Å². The van der Waals surface area contributed by atoms with Gasteiger partial charge in [0.1, 0.15) is 0 Å². The maximum atomic E-state index is 3.30. The van der Waals surface area contributed by atoms with Gasteiger partial charge >= 0.3 is 125 Å². The minimum atomic E-state index is 0. The van der Waals surface area contributed by atoms with Crippen LogP contribution in [-0.4, -0.2) is 3.21 Å². The quantitative estimate of drug-likeness (QED) is 0.274. The van der Waals surface area contributed by atoms with E-state index in [-0.39, 0.29) is 24.8 Å². The van der Waals surface area contributed by atoms with Gasteiger partial charge in [0.05, 0.1) is 0 Å². The molecule has 4 aromatic carbocycles. The SMILES string of the molecule is CC([C](=[Zr+2])C(C)c1ccccc1)c1ccccc1.[C-]1=CC=CC1.[Cl-].[Cl-].[c-]1cccc2c1Cc1ccccc1-2. The molecule has 0 bridgehead atoms. The van der Waals surface area contributed by atoms with Crippen LogP contribution < -0.4 is 24.8 Å². The maximum Gasteiger partial charge on any atom is -0.0253 e. The summed E-state index contributed by atoms with van der Waals surface area (Å²) in [6, 6.07) is 39.7. The van der Waals surface area contributed by atoms with Gasteiger partial charge in [-0.3, -0.25) is 6.08 Å². The van der Waals surface area contributed by atoms with Crippen LogP contribution in [0.2, 0.25) is 0 Å². The van der Waals surface area contributed by atoms with Crippen molar-refractivity contribution in [2.75, 3.05) is 0 Å². The van der Waals surface area contributed by atoms with Crippen LogP contribution in [0.3, 0.4) is 0 Å². The van der Waals surface area contributed by atoms with Gasteiger partial charge in [0.25, 0.3) is 0 Å². The zero-order chi connectivity index (χ0) is 25.2. The molecule has 0 N–H and O–H groups in total. The number of hydrogen-bond donors (Lipinski definition) is 0. The summed E-state index contributed by atoms with van der Waals surface area (Å²) < 4.78 is 1.61. The molecule has 38 heavy (non-hydrogen) atoms. The van der Waals surface area contributed by atoms with Crippen molar-refractivity contribution in [2.24, 2.45) is 0 Å². The molecule has 2 atom stereocenters. The normalized spacial score (nSPS) is 13.2. The number of hydrogen-bond acceptors (Lipinski definition) is 0. The first-order chi connectivity index (χ1) is 17.6. The fraction of sp³-hybridized carbons (Fsp3) is 0.171. The molecule has 0 spiro atoms. The van der Waals surface area contributed by atoms with Crippen LogP contribution in [0, 0.1) is 12.1 Å². The predicted molar refractivity (Wildman–Crippen MR) is 150 cm³/mol. The molecule has 0 nitrogen and oxygen atoms in total. The van der Waals surface area contributed by atoms with E-state index in [2.05, 4.69) is 129 Å². The Balaban J connectivity index is 0.000000221. The molecule has 0 saturated heterocycles. The van der Waals surface area contributed by atoms with Gasteiger partial charge in [0, 0.05) is 0 Å². The zero-order valence-electron chi connectivity index (χ0n) is 21.9. The van der Waals surface area contributed by atoms with Gasteiger partial charge in [-0.25, -0.2) is 12.2 Å². The van der Waals surface area contributed by atoms with Crippen LogP contribution in [0.4, 0.5) is 0 Å². The Morgan fingerprint density at radius 2 is 1.26 bits per heavy atom. The molecule has 2 unspecified atom stereocenters. The van der Waals surface area contributed by atoms with Crippen molar-refractivity contribution in [1.82, 2.24) is 0 Å². The second-order valence-corrected chi connectivity index (χ2v) is 10.5. The van der Waals surface area contributed by atoms with Crippen molar-refractivity contribution >= 4 is 3.21 Å². The van der Waals surface area contributed by atoms with E-state index in [0.717, 1.165) is 12.8 Å². The average molecular weight is 615 g/mol. The molecule has 3 heteroatoms. The van der Waals surface area contributed by atoms with E-state index < -0.39 is 0 Å². The number of halogens is 2. The van der Waals surface area contributed by atoms with E-state index in [1.807, 2.05) is 18.2 Å². The standard InChI is InChI=1S/C17H18.C13H9.C5H5.2ClH.Zr/c1-14(16-9-5-3-6-10-16)13-15(2)17-11-7-4-8-12-17;1-3-7-12-10(5-1)9-11-6-2-4-8-13(11)12;1-2-4-5-3-1;;;/h3-12,14-15H,1-2H3;1-5,7-8H,9H2;1-3H,4H2;2*1H;/q;2*-1;;;+2/p-2. The summed E-state index contributed by atoms with van der Waals surface area (Å²) in [4.78, 5) is 0. The molecule has 2 aliphatic carbocycles. The van der Waals surface area contributed by atoms with Crippen molar-refractivity contribution in [3.8, 4) is 11.1 Å². The fourth-order valence-corrected chi connectivity index (χ4v) is 5.37. The second kappa shape index (κ2) is 16.6. The number of rotatable bonds is 4. The monoisotopic (exact) mass is 612 g/mol. The van der Waals surface area contributed by atoms with Crippen LogP contribution >= 0.6 is 0 Å². The van der Waals surface area contributed by atoms with E-state index in [1.165, 1.54) is 33.4 Å². The molecule has 0 radical (unpaired) electrons. The minimum Gasteiger partial charge on any atom is -1.00 e. The molecule has 4 aromatic rings. The molecule has 6 rings (SSSR count). The third-order valence-corrected chi connectivity index (χ3v) is 8.86. The van der Waals surface area contributed by atoms with Crippen LogP contribution in [0.1, 0.15) is 54.4 Å². The Labute approximate surface area is 256 Å². The van der Waals surface area contributed by atoms with Crippen molar-refractivity contribution < 1.29 is 49.0 Å². The van der Waals surface area contributed by atoms with Crippen LogP contribution in [0.25, 0.3) is 11.1 Å². The Morgan fingerprint density at radius 3 is 1.79 bits per heavy atom. The summed E-state index contributed by atoms with van der Waals surface area (Å²) in [5.74, 6) is 1.08. The van der Waals surface area contributed by atoms with Crippen LogP contribution in [0.15, 0.2) is 121 Å². The summed E-state index contributed by atoms with van der Waals surface area (Å²) in [6.45, 7) is 4.64. The first kappa shape index (κ1) is 31.9. The fourth-order valence-electron chi connectivity index (χ4n) is 4.56. The predicted octanol–water partition coefficient (Wildman–Crippen LogP) is 2.68. The topological polar surface area (TPSA) is 0 Å². The van der Waals surface area contributed by atoms with Crippen LogP contribution in [0.5, 0.6) is 0 Å². The molecule has 0 aromatic heterocycles. The number of allylic oxidation sites excluding steroid dienone is 4. The Morgan fingerprint density at radius 1 is 0.711 bits per heavy atom. The molecule has 192 valence electrons.